The Kier molecular flexibility index (Phi) is 3.72. The molecule has 3 heteroatoms. The van der Waals surface area contributed by atoms with Crippen molar-refractivity contribution in [1.29, 1.82) is 0 Å². The van der Waals surface area contributed by atoms with Gasteiger partial charge in [0.1, 0.15) is 6.10 Å². The smallest absolute Gasteiger partial charge is 0.110 e. The van der Waals surface area contributed by atoms with Gasteiger partial charge in [0.05, 0.1) is 5.60 Å². The van der Waals surface area contributed by atoms with Crippen molar-refractivity contribution in [2.75, 3.05) is 0 Å². The molecule has 20 heavy (non-hydrogen) atoms. The zero-order valence-corrected chi connectivity index (χ0v) is 11.6. The van der Waals surface area contributed by atoms with Crippen LogP contribution in [0, 0.1) is 0 Å². The molecule has 1 aromatic heterocycles. The number of aliphatic hydroxyl groups is 2. The van der Waals surface area contributed by atoms with Gasteiger partial charge in [-0.25, -0.2) is 0 Å². The molecule has 0 radical (unpaired) electrons. The van der Waals surface area contributed by atoms with Crippen LogP contribution >= 0.6 is 0 Å². The average Bonchev–Trinajstić information content (AvgIpc) is 2.72. The summed E-state index contributed by atoms with van der Waals surface area (Å²) in [5.41, 5.74) is -0.269. The number of aromatic nitrogens is 1. The third kappa shape index (κ3) is 2.43. The Morgan fingerprint density at radius 2 is 1.70 bits per heavy atom. The molecule has 0 bridgehead atoms. The van der Waals surface area contributed by atoms with Gasteiger partial charge in [-0.1, -0.05) is 49.9 Å². The number of benzene rings is 1. The third-order valence-corrected chi connectivity index (χ3v) is 4.47. The Hall–Kier alpha value is -1.45. The standard InChI is InChI=1S/C17H21NO2/c19-16(17(20)9-5-1-2-6-10-17)15-12-18-11-13-7-3-4-8-14(13)15/h3-4,7-8,11-12,16,19-20H,1-2,5-6,9-10H2. The fourth-order valence-corrected chi connectivity index (χ4v) is 3.26. The first kappa shape index (κ1) is 13.5. The third-order valence-electron chi connectivity index (χ3n) is 4.47. The van der Waals surface area contributed by atoms with Gasteiger partial charge in [-0.2, -0.15) is 0 Å². The van der Waals surface area contributed by atoms with Crippen LogP contribution in [0.3, 0.4) is 0 Å². The molecule has 1 saturated carbocycles. The van der Waals surface area contributed by atoms with Gasteiger partial charge < -0.3 is 10.2 Å². The molecule has 1 heterocycles. The van der Waals surface area contributed by atoms with Crippen LogP contribution in [0.25, 0.3) is 10.8 Å². The highest BCUT2D eigenvalue weighted by molar-refractivity contribution is 5.85. The van der Waals surface area contributed by atoms with Crippen LogP contribution in [0.1, 0.15) is 50.2 Å². The van der Waals surface area contributed by atoms with E-state index in [0.717, 1.165) is 42.0 Å². The summed E-state index contributed by atoms with van der Waals surface area (Å²) >= 11 is 0. The Labute approximate surface area is 119 Å². The van der Waals surface area contributed by atoms with E-state index in [-0.39, 0.29) is 0 Å². The number of pyridine rings is 1. The summed E-state index contributed by atoms with van der Waals surface area (Å²) in [6.45, 7) is 0. The summed E-state index contributed by atoms with van der Waals surface area (Å²) in [7, 11) is 0. The van der Waals surface area contributed by atoms with Crippen LogP contribution in [0.5, 0.6) is 0 Å². The number of nitrogens with zero attached hydrogens (tertiary/aromatic N) is 1. The lowest BCUT2D eigenvalue weighted by Crippen LogP contribution is -2.36. The maximum atomic E-state index is 10.9. The summed E-state index contributed by atoms with van der Waals surface area (Å²) in [6.07, 6.45) is 8.19. The number of rotatable bonds is 2. The predicted molar refractivity (Wildman–Crippen MR) is 79.4 cm³/mol. The van der Waals surface area contributed by atoms with Crippen LogP contribution in [0.4, 0.5) is 0 Å². The van der Waals surface area contributed by atoms with E-state index in [1.165, 1.54) is 0 Å². The zero-order chi connectivity index (χ0) is 14.0. The van der Waals surface area contributed by atoms with Crippen molar-refractivity contribution in [1.82, 2.24) is 4.98 Å². The van der Waals surface area contributed by atoms with Crippen molar-refractivity contribution < 1.29 is 10.2 Å². The van der Waals surface area contributed by atoms with Gasteiger partial charge in [-0.3, -0.25) is 4.98 Å². The first-order chi connectivity index (χ1) is 9.71. The molecule has 3 nitrogen and oxygen atoms in total. The van der Waals surface area contributed by atoms with E-state index in [4.69, 9.17) is 0 Å². The molecule has 1 atom stereocenters. The van der Waals surface area contributed by atoms with E-state index < -0.39 is 11.7 Å². The molecule has 2 N–H and O–H groups in total. The molecular formula is C17H21NO2. The molecule has 106 valence electrons. The second-order valence-corrected chi connectivity index (χ2v) is 5.87. The summed E-state index contributed by atoms with van der Waals surface area (Å²) in [4.78, 5) is 4.21. The van der Waals surface area contributed by atoms with Crippen molar-refractivity contribution in [2.45, 2.75) is 50.2 Å². The van der Waals surface area contributed by atoms with Crippen molar-refractivity contribution in [3.63, 3.8) is 0 Å². The highest BCUT2D eigenvalue weighted by atomic mass is 16.3. The molecule has 2 aromatic rings. The normalized spacial score (nSPS) is 20.5. The van der Waals surface area contributed by atoms with E-state index in [9.17, 15) is 10.2 Å². The van der Waals surface area contributed by atoms with Gasteiger partial charge in [0.25, 0.3) is 0 Å². The molecular weight excluding hydrogens is 250 g/mol. The molecule has 0 aliphatic heterocycles. The Bertz CT molecular complexity index is 583. The van der Waals surface area contributed by atoms with Crippen molar-refractivity contribution in [3.8, 4) is 0 Å². The monoisotopic (exact) mass is 271 g/mol. The maximum absolute atomic E-state index is 10.9. The molecule has 0 saturated heterocycles. The average molecular weight is 271 g/mol. The maximum Gasteiger partial charge on any atom is 0.110 e. The fraction of sp³-hybridized carbons (Fsp3) is 0.471. The molecule has 0 amide bonds. The minimum Gasteiger partial charge on any atom is -0.387 e. The number of hydrogen-bond acceptors (Lipinski definition) is 3. The fourth-order valence-electron chi connectivity index (χ4n) is 3.26. The Morgan fingerprint density at radius 3 is 2.45 bits per heavy atom. The largest absolute Gasteiger partial charge is 0.387 e. The minimum absolute atomic E-state index is 0.664. The van der Waals surface area contributed by atoms with Gasteiger partial charge in [-0.15, -0.1) is 0 Å². The molecule has 1 aliphatic carbocycles. The molecule has 1 aliphatic rings. The van der Waals surface area contributed by atoms with Crippen LogP contribution in [0.15, 0.2) is 36.7 Å². The topological polar surface area (TPSA) is 53.4 Å². The van der Waals surface area contributed by atoms with E-state index in [1.807, 2.05) is 24.3 Å². The van der Waals surface area contributed by atoms with E-state index in [0.29, 0.717) is 12.8 Å². The summed E-state index contributed by atoms with van der Waals surface area (Å²) in [6, 6.07) is 7.88. The van der Waals surface area contributed by atoms with Crippen molar-refractivity contribution >= 4 is 10.8 Å². The lowest BCUT2D eigenvalue weighted by molar-refractivity contribution is -0.0862. The van der Waals surface area contributed by atoms with Gasteiger partial charge in [0.15, 0.2) is 0 Å². The minimum atomic E-state index is -1.01. The highest BCUT2D eigenvalue weighted by Crippen LogP contribution is 2.39. The van der Waals surface area contributed by atoms with Crippen LogP contribution in [-0.2, 0) is 0 Å². The van der Waals surface area contributed by atoms with E-state index >= 15 is 0 Å². The number of fused-ring (bicyclic) bond motifs is 1. The van der Waals surface area contributed by atoms with Crippen LogP contribution in [-0.4, -0.2) is 20.8 Å². The SMILES string of the molecule is OC(c1cncc2ccccc12)C1(O)CCCCCC1. The quantitative estimate of drug-likeness (QED) is 0.824. The summed E-state index contributed by atoms with van der Waals surface area (Å²) < 4.78 is 0. The molecule has 0 spiro atoms. The molecule has 1 aromatic carbocycles. The van der Waals surface area contributed by atoms with Gasteiger partial charge >= 0.3 is 0 Å². The summed E-state index contributed by atoms with van der Waals surface area (Å²) in [5.74, 6) is 0. The molecule has 3 rings (SSSR count). The predicted octanol–water partition coefficient (Wildman–Crippen LogP) is 3.35. The van der Waals surface area contributed by atoms with Crippen molar-refractivity contribution in [2.24, 2.45) is 0 Å². The second kappa shape index (κ2) is 5.51. The van der Waals surface area contributed by atoms with Gasteiger partial charge in [0, 0.05) is 23.3 Å². The highest BCUT2D eigenvalue weighted by Gasteiger charge is 2.37. The Balaban J connectivity index is 2.01. The number of aliphatic hydroxyl groups excluding tert-OH is 1. The van der Waals surface area contributed by atoms with E-state index in [2.05, 4.69) is 4.98 Å². The second-order valence-electron chi connectivity index (χ2n) is 5.87. The first-order valence-corrected chi connectivity index (χ1v) is 7.44. The lowest BCUT2D eigenvalue weighted by atomic mass is 9.84. The van der Waals surface area contributed by atoms with Crippen LogP contribution < -0.4 is 0 Å². The number of hydrogen-bond donors (Lipinski definition) is 2. The van der Waals surface area contributed by atoms with E-state index in [1.54, 1.807) is 12.4 Å². The van der Waals surface area contributed by atoms with Crippen LogP contribution in [0.2, 0.25) is 0 Å². The Morgan fingerprint density at radius 1 is 1.00 bits per heavy atom. The van der Waals surface area contributed by atoms with Gasteiger partial charge in [0.2, 0.25) is 0 Å². The molecule has 1 fully saturated rings. The van der Waals surface area contributed by atoms with Gasteiger partial charge in [-0.05, 0) is 18.2 Å². The van der Waals surface area contributed by atoms with Crippen molar-refractivity contribution in [3.05, 3.63) is 42.2 Å². The first-order valence-electron chi connectivity index (χ1n) is 7.44. The molecule has 1 unspecified atom stereocenters. The zero-order valence-electron chi connectivity index (χ0n) is 11.6. The lowest BCUT2D eigenvalue weighted by Gasteiger charge is -2.32. The summed E-state index contributed by atoms with van der Waals surface area (Å²) in [5, 5.41) is 23.6.